The zero-order valence-corrected chi connectivity index (χ0v) is 18.6. The summed E-state index contributed by atoms with van der Waals surface area (Å²) in [5.41, 5.74) is 0.304. The number of carbonyl (C=O) groups is 2. The standard InChI is InChI=1S/C22H25Cl2FN2O3/c1-4-14(2)26-22(29)15(3)27(12-16-7-5-6-8-19(16)25)21(28)13-30-20-10-9-17(23)11-18(20)24/h5-11,14-15H,4,12-13H2,1-3H3,(H,26,29)/t14-,15-/m1/s1. The van der Waals surface area contributed by atoms with Crippen LogP contribution >= 0.6 is 23.2 Å². The lowest BCUT2D eigenvalue weighted by atomic mass is 10.1. The van der Waals surface area contributed by atoms with Gasteiger partial charge in [0.05, 0.1) is 5.02 Å². The predicted octanol–water partition coefficient (Wildman–Crippen LogP) is 4.84. The third-order valence-corrected chi connectivity index (χ3v) is 5.24. The first-order valence-corrected chi connectivity index (χ1v) is 10.4. The molecule has 162 valence electrons. The number of amides is 2. The maximum atomic E-state index is 14.2. The minimum Gasteiger partial charge on any atom is -0.482 e. The second-order valence-corrected chi connectivity index (χ2v) is 7.81. The molecular formula is C22H25Cl2FN2O3. The quantitative estimate of drug-likeness (QED) is 0.589. The van der Waals surface area contributed by atoms with Crippen LogP contribution in [-0.2, 0) is 16.1 Å². The fourth-order valence-corrected chi connectivity index (χ4v) is 3.14. The summed E-state index contributed by atoms with van der Waals surface area (Å²) < 4.78 is 19.7. The van der Waals surface area contributed by atoms with Gasteiger partial charge in [0, 0.05) is 23.2 Å². The van der Waals surface area contributed by atoms with Crippen LogP contribution in [0.3, 0.4) is 0 Å². The second kappa shape index (κ2) is 11.2. The van der Waals surface area contributed by atoms with Crippen LogP contribution < -0.4 is 10.1 Å². The van der Waals surface area contributed by atoms with Crippen LogP contribution in [0.25, 0.3) is 0 Å². The second-order valence-electron chi connectivity index (χ2n) is 6.97. The van der Waals surface area contributed by atoms with Crippen LogP contribution in [-0.4, -0.2) is 35.4 Å². The zero-order valence-electron chi connectivity index (χ0n) is 17.1. The van der Waals surface area contributed by atoms with Crippen molar-refractivity contribution in [3.63, 3.8) is 0 Å². The first kappa shape index (κ1) is 24.0. The van der Waals surface area contributed by atoms with Gasteiger partial charge < -0.3 is 15.0 Å². The number of nitrogens with one attached hydrogen (secondary N) is 1. The van der Waals surface area contributed by atoms with Crippen LogP contribution in [0.2, 0.25) is 10.0 Å². The summed E-state index contributed by atoms with van der Waals surface area (Å²) in [6.45, 7) is 4.99. The maximum absolute atomic E-state index is 14.2. The number of carbonyl (C=O) groups excluding carboxylic acids is 2. The van der Waals surface area contributed by atoms with Gasteiger partial charge in [-0.3, -0.25) is 9.59 Å². The highest BCUT2D eigenvalue weighted by Crippen LogP contribution is 2.27. The number of benzene rings is 2. The van der Waals surface area contributed by atoms with Crippen molar-refractivity contribution in [3.05, 3.63) is 63.9 Å². The van der Waals surface area contributed by atoms with Gasteiger partial charge in [-0.05, 0) is 44.5 Å². The van der Waals surface area contributed by atoms with Gasteiger partial charge in [0.1, 0.15) is 17.6 Å². The molecule has 2 rings (SSSR count). The first-order chi connectivity index (χ1) is 14.2. The molecule has 0 bridgehead atoms. The monoisotopic (exact) mass is 454 g/mol. The molecule has 2 atom stereocenters. The molecule has 0 aliphatic carbocycles. The lowest BCUT2D eigenvalue weighted by molar-refractivity contribution is -0.142. The zero-order chi connectivity index (χ0) is 22.3. The first-order valence-electron chi connectivity index (χ1n) is 9.64. The highest BCUT2D eigenvalue weighted by Gasteiger charge is 2.28. The van der Waals surface area contributed by atoms with Gasteiger partial charge in [0.2, 0.25) is 5.91 Å². The largest absolute Gasteiger partial charge is 0.482 e. The third kappa shape index (κ3) is 6.61. The molecule has 0 radical (unpaired) electrons. The highest BCUT2D eigenvalue weighted by molar-refractivity contribution is 6.35. The van der Waals surface area contributed by atoms with Crippen molar-refractivity contribution >= 4 is 35.0 Å². The lowest BCUT2D eigenvalue weighted by Gasteiger charge is -2.29. The van der Waals surface area contributed by atoms with E-state index in [0.717, 1.165) is 6.42 Å². The number of halogens is 3. The van der Waals surface area contributed by atoms with Crippen LogP contribution in [0.4, 0.5) is 4.39 Å². The fraction of sp³-hybridized carbons (Fsp3) is 0.364. The minimum atomic E-state index is -0.824. The van der Waals surface area contributed by atoms with E-state index in [4.69, 9.17) is 27.9 Å². The number of rotatable bonds is 9. The van der Waals surface area contributed by atoms with Gasteiger partial charge >= 0.3 is 0 Å². The summed E-state index contributed by atoms with van der Waals surface area (Å²) in [4.78, 5) is 26.9. The van der Waals surface area contributed by atoms with Gasteiger partial charge in [-0.2, -0.15) is 0 Å². The number of hydrogen-bond donors (Lipinski definition) is 1. The smallest absolute Gasteiger partial charge is 0.261 e. The molecule has 0 unspecified atom stereocenters. The van der Waals surface area contributed by atoms with E-state index in [0.29, 0.717) is 10.6 Å². The van der Waals surface area contributed by atoms with Gasteiger partial charge in [-0.25, -0.2) is 4.39 Å². The van der Waals surface area contributed by atoms with Crippen LogP contribution in [0.5, 0.6) is 5.75 Å². The van der Waals surface area contributed by atoms with E-state index in [2.05, 4.69) is 5.32 Å². The predicted molar refractivity (Wildman–Crippen MR) is 116 cm³/mol. The third-order valence-electron chi connectivity index (χ3n) is 4.71. The van der Waals surface area contributed by atoms with Crippen molar-refractivity contribution in [2.75, 3.05) is 6.61 Å². The molecule has 1 N–H and O–H groups in total. The number of ether oxygens (including phenoxy) is 1. The van der Waals surface area contributed by atoms with E-state index in [1.807, 2.05) is 13.8 Å². The Morgan fingerprint density at radius 1 is 1.17 bits per heavy atom. The Labute approximate surface area is 186 Å². The summed E-state index contributed by atoms with van der Waals surface area (Å²) in [6, 6.07) is 9.90. The fourth-order valence-electron chi connectivity index (χ4n) is 2.67. The Kier molecular flexibility index (Phi) is 8.93. The Balaban J connectivity index is 2.19. The average Bonchev–Trinajstić information content (AvgIpc) is 2.71. The maximum Gasteiger partial charge on any atom is 0.261 e. The van der Waals surface area contributed by atoms with Crippen molar-refractivity contribution in [3.8, 4) is 5.75 Å². The molecule has 8 heteroatoms. The molecule has 2 aromatic rings. The van der Waals surface area contributed by atoms with Gasteiger partial charge in [0.15, 0.2) is 6.61 Å². The van der Waals surface area contributed by atoms with Crippen molar-refractivity contribution in [1.29, 1.82) is 0 Å². The molecule has 0 fully saturated rings. The average molecular weight is 455 g/mol. The molecule has 30 heavy (non-hydrogen) atoms. The normalized spacial score (nSPS) is 12.7. The Hall–Kier alpha value is -2.31. The Morgan fingerprint density at radius 3 is 2.50 bits per heavy atom. The van der Waals surface area contributed by atoms with Crippen LogP contribution in [0.1, 0.15) is 32.8 Å². The topological polar surface area (TPSA) is 58.6 Å². The van der Waals surface area contributed by atoms with Crippen molar-refractivity contribution in [2.45, 2.75) is 45.8 Å². The van der Waals surface area contributed by atoms with Crippen LogP contribution in [0.15, 0.2) is 42.5 Å². The Morgan fingerprint density at radius 2 is 1.87 bits per heavy atom. The van der Waals surface area contributed by atoms with E-state index in [1.54, 1.807) is 37.3 Å². The van der Waals surface area contributed by atoms with Crippen molar-refractivity contribution < 1.29 is 18.7 Å². The van der Waals surface area contributed by atoms with E-state index < -0.39 is 17.8 Å². The molecule has 0 heterocycles. The molecule has 5 nitrogen and oxygen atoms in total. The lowest BCUT2D eigenvalue weighted by Crippen LogP contribution is -2.50. The Bertz CT molecular complexity index is 894. The summed E-state index contributed by atoms with van der Waals surface area (Å²) in [7, 11) is 0. The molecule has 0 aliphatic heterocycles. The summed E-state index contributed by atoms with van der Waals surface area (Å²) in [6.07, 6.45) is 0.748. The molecule has 0 saturated carbocycles. The van der Waals surface area contributed by atoms with Crippen molar-refractivity contribution in [2.24, 2.45) is 0 Å². The van der Waals surface area contributed by atoms with Crippen molar-refractivity contribution in [1.82, 2.24) is 10.2 Å². The molecule has 0 aliphatic rings. The number of nitrogens with zero attached hydrogens (tertiary/aromatic N) is 1. The molecule has 0 spiro atoms. The van der Waals surface area contributed by atoms with E-state index >= 15 is 0 Å². The molecule has 2 aromatic carbocycles. The summed E-state index contributed by atoms with van der Waals surface area (Å²) in [5, 5.41) is 3.55. The number of hydrogen-bond acceptors (Lipinski definition) is 3. The van der Waals surface area contributed by atoms with Gasteiger partial charge in [-0.1, -0.05) is 48.3 Å². The molecule has 0 saturated heterocycles. The highest BCUT2D eigenvalue weighted by atomic mass is 35.5. The van der Waals surface area contributed by atoms with Crippen LogP contribution in [0, 0.1) is 5.82 Å². The molecule has 0 aromatic heterocycles. The van der Waals surface area contributed by atoms with Gasteiger partial charge in [-0.15, -0.1) is 0 Å². The minimum absolute atomic E-state index is 0.0468. The SMILES string of the molecule is CC[C@@H](C)NC(=O)[C@@H](C)N(Cc1ccccc1F)C(=O)COc1ccc(Cl)cc1Cl. The van der Waals surface area contributed by atoms with E-state index in [9.17, 15) is 14.0 Å². The van der Waals surface area contributed by atoms with E-state index in [-0.39, 0.29) is 35.9 Å². The van der Waals surface area contributed by atoms with E-state index in [1.165, 1.54) is 17.0 Å². The summed E-state index contributed by atoms with van der Waals surface area (Å²) in [5.74, 6) is -0.960. The molecular weight excluding hydrogens is 430 g/mol. The molecule has 2 amide bonds. The summed E-state index contributed by atoms with van der Waals surface area (Å²) >= 11 is 12.0. The van der Waals surface area contributed by atoms with Gasteiger partial charge in [0.25, 0.3) is 5.91 Å².